The van der Waals surface area contributed by atoms with Gasteiger partial charge in [0.15, 0.2) is 5.78 Å². The van der Waals surface area contributed by atoms with Gasteiger partial charge >= 0.3 is 0 Å². The van der Waals surface area contributed by atoms with E-state index in [0.717, 1.165) is 54.3 Å². The molecule has 3 heterocycles. The molecule has 1 N–H and O–H groups in total. The first-order valence-electron chi connectivity index (χ1n) is 12.5. The van der Waals surface area contributed by atoms with Crippen LogP contribution in [0.4, 0.5) is 0 Å². The largest absolute Gasteiger partial charge is 0.339 e. The van der Waals surface area contributed by atoms with Crippen molar-refractivity contribution in [3.05, 3.63) is 95.5 Å². The number of fused-ring (bicyclic) bond motifs is 1. The molecule has 2 aromatic heterocycles. The molecule has 7 heteroatoms. The van der Waals surface area contributed by atoms with Gasteiger partial charge in [0.1, 0.15) is 17.3 Å². The molecule has 1 unspecified atom stereocenters. The maximum Gasteiger partial charge on any atom is 0.194 e. The Bertz CT molecular complexity index is 1360. The van der Waals surface area contributed by atoms with E-state index in [-0.39, 0.29) is 5.78 Å². The monoisotopic (exact) mass is 478 g/mol. The highest BCUT2D eigenvalue weighted by molar-refractivity contribution is 5.95. The number of nitrogens with one attached hydrogen (secondary N) is 1. The molecule has 182 valence electrons. The second-order valence-corrected chi connectivity index (χ2v) is 9.41. The maximum absolute atomic E-state index is 13.2. The lowest BCUT2D eigenvalue weighted by atomic mass is 10.1. The van der Waals surface area contributed by atoms with Crippen molar-refractivity contribution >= 4 is 5.78 Å². The number of benzene rings is 2. The van der Waals surface area contributed by atoms with Crippen LogP contribution in [0.3, 0.4) is 0 Å². The van der Waals surface area contributed by atoms with Crippen molar-refractivity contribution in [2.24, 2.45) is 0 Å². The normalized spacial score (nSPS) is 15.4. The zero-order valence-electron chi connectivity index (χ0n) is 20.5. The highest BCUT2D eigenvalue weighted by Gasteiger charge is 2.29. The summed E-state index contributed by atoms with van der Waals surface area (Å²) in [6, 6.07) is 20.1. The molecule has 0 bridgehead atoms. The predicted octanol–water partition coefficient (Wildman–Crippen LogP) is 4.99. The molecule has 1 aliphatic rings. The fourth-order valence-corrected chi connectivity index (χ4v) is 4.79. The highest BCUT2D eigenvalue weighted by atomic mass is 16.1. The number of hydrogen-bond donors (Lipinski definition) is 1. The Morgan fingerprint density at radius 1 is 1.17 bits per heavy atom. The number of aromatic amines is 1. The van der Waals surface area contributed by atoms with Gasteiger partial charge < -0.3 is 9.55 Å². The number of aromatic nitrogens is 4. The van der Waals surface area contributed by atoms with Gasteiger partial charge in [-0.15, -0.1) is 0 Å². The van der Waals surface area contributed by atoms with Gasteiger partial charge in [0.25, 0.3) is 0 Å². The molecule has 2 aromatic carbocycles. The lowest BCUT2D eigenvalue weighted by Crippen LogP contribution is -2.45. The number of H-pyrrole nitrogens is 1. The Hall–Kier alpha value is -4.02. The third kappa shape index (κ3) is 5.29. The van der Waals surface area contributed by atoms with E-state index in [4.69, 9.17) is 10.2 Å². The summed E-state index contributed by atoms with van der Waals surface area (Å²) in [4.78, 5) is 28.1. The molecule has 4 aromatic rings. The van der Waals surface area contributed by atoms with Gasteiger partial charge in [-0.3, -0.25) is 9.69 Å². The van der Waals surface area contributed by atoms with Gasteiger partial charge in [-0.1, -0.05) is 62.2 Å². The quantitative estimate of drug-likeness (QED) is 0.342. The number of unbranched alkanes of at least 4 members (excludes halogenated alkanes) is 1. The Kier molecular flexibility index (Phi) is 7.06. The van der Waals surface area contributed by atoms with E-state index < -0.39 is 0 Å². The van der Waals surface area contributed by atoms with Crippen molar-refractivity contribution in [1.82, 2.24) is 24.4 Å². The van der Waals surface area contributed by atoms with E-state index in [0.29, 0.717) is 36.8 Å². The summed E-state index contributed by atoms with van der Waals surface area (Å²) in [6.07, 6.45) is 7.68. The lowest BCUT2D eigenvalue weighted by Gasteiger charge is -2.35. The first-order chi connectivity index (χ1) is 17.6. The van der Waals surface area contributed by atoms with Crippen molar-refractivity contribution in [1.29, 1.82) is 5.26 Å². The van der Waals surface area contributed by atoms with Crippen LogP contribution >= 0.6 is 0 Å². The molecule has 0 spiro atoms. The van der Waals surface area contributed by atoms with Gasteiger partial charge in [-0.2, -0.15) is 5.26 Å². The van der Waals surface area contributed by atoms with Crippen LogP contribution in [0.1, 0.15) is 59.5 Å². The second-order valence-electron chi connectivity index (χ2n) is 9.41. The fraction of sp³-hybridized carbons (Fsp3) is 0.310. The van der Waals surface area contributed by atoms with E-state index >= 15 is 0 Å². The average Bonchev–Trinajstić information content (AvgIpc) is 3.55. The SMILES string of the molecule is CCCCC1Cn2cc(-c3ccccc3)nc2CN1CC(=O)c1cnc(Cc2ccc(C#N)cc2)[nH]1. The van der Waals surface area contributed by atoms with E-state index in [1.54, 1.807) is 18.3 Å². The molecule has 0 amide bonds. The molecule has 0 radical (unpaired) electrons. The van der Waals surface area contributed by atoms with Gasteiger partial charge in [0.2, 0.25) is 0 Å². The van der Waals surface area contributed by atoms with Crippen LogP contribution in [0.25, 0.3) is 11.3 Å². The third-order valence-electron chi connectivity index (χ3n) is 6.82. The third-order valence-corrected chi connectivity index (χ3v) is 6.82. The van der Waals surface area contributed by atoms with Crippen LogP contribution in [0, 0.1) is 11.3 Å². The summed E-state index contributed by atoms with van der Waals surface area (Å²) in [5, 5.41) is 8.98. The van der Waals surface area contributed by atoms with Gasteiger partial charge in [0.05, 0.1) is 36.6 Å². The Balaban J connectivity index is 1.29. The summed E-state index contributed by atoms with van der Waals surface area (Å²) < 4.78 is 2.26. The van der Waals surface area contributed by atoms with Crippen molar-refractivity contribution in [3.8, 4) is 17.3 Å². The number of nitriles is 1. The standard InChI is InChI=1S/C29H30N6O/c1-2-3-9-24-17-35-18-26(23-7-5-4-6-8-23)33-29(35)20-34(24)19-27(36)25-16-31-28(32-25)14-21-10-12-22(15-30)13-11-21/h4-8,10-13,16,18,24H,2-3,9,14,17,19-20H2,1H3,(H,31,32). The Morgan fingerprint density at radius 2 is 1.97 bits per heavy atom. The smallest absolute Gasteiger partial charge is 0.194 e. The minimum atomic E-state index is 0.0402. The molecule has 1 atom stereocenters. The second kappa shape index (κ2) is 10.7. The number of carbonyl (C=O) groups is 1. The van der Waals surface area contributed by atoms with Crippen molar-refractivity contribution < 1.29 is 4.79 Å². The van der Waals surface area contributed by atoms with Crippen LogP contribution in [-0.4, -0.2) is 42.8 Å². The summed E-state index contributed by atoms with van der Waals surface area (Å²) >= 11 is 0. The first kappa shape index (κ1) is 23.7. The molecule has 5 rings (SSSR count). The predicted molar refractivity (Wildman–Crippen MR) is 138 cm³/mol. The van der Waals surface area contributed by atoms with Gasteiger partial charge in [-0.25, -0.2) is 9.97 Å². The number of imidazole rings is 2. The van der Waals surface area contributed by atoms with Crippen LogP contribution in [0.2, 0.25) is 0 Å². The molecule has 7 nitrogen and oxygen atoms in total. The highest BCUT2D eigenvalue weighted by Crippen LogP contribution is 2.26. The summed E-state index contributed by atoms with van der Waals surface area (Å²) in [5.41, 5.74) is 4.30. The molecule has 0 saturated heterocycles. The van der Waals surface area contributed by atoms with E-state index in [1.165, 1.54) is 0 Å². The van der Waals surface area contributed by atoms with E-state index in [2.05, 4.69) is 50.8 Å². The van der Waals surface area contributed by atoms with Crippen LogP contribution in [-0.2, 0) is 19.5 Å². The lowest BCUT2D eigenvalue weighted by molar-refractivity contribution is 0.0800. The molecule has 36 heavy (non-hydrogen) atoms. The van der Waals surface area contributed by atoms with Crippen molar-refractivity contribution in [2.75, 3.05) is 6.54 Å². The molecule has 0 saturated carbocycles. The van der Waals surface area contributed by atoms with Crippen molar-refractivity contribution in [3.63, 3.8) is 0 Å². The fourth-order valence-electron chi connectivity index (χ4n) is 4.79. The van der Waals surface area contributed by atoms with Gasteiger partial charge in [-0.05, 0) is 24.1 Å². The molecular weight excluding hydrogens is 448 g/mol. The minimum absolute atomic E-state index is 0.0402. The van der Waals surface area contributed by atoms with Crippen molar-refractivity contribution in [2.45, 2.75) is 51.7 Å². The zero-order valence-corrected chi connectivity index (χ0v) is 20.5. The minimum Gasteiger partial charge on any atom is -0.339 e. The summed E-state index contributed by atoms with van der Waals surface area (Å²) in [5.74, 6) is 1.78. The van der Waals surface area contributed by atoms with Crippen LogP contribution in [0.5, 0.6) is 0 Å². The van der Waals surface area contributed by atoms with E-state index in [1.807, 2.05) is 30.3 Å². The summed E-state index contributed by atoms with van der Waals surface area (Å²) in [7, 11) is 0. The van der Waals surface area contributed by atoms with Crippen LogP contribution < -0.4 is 0 Å². The molecule has 1 aliphatic heterocycles. The van der Waals surface area contributed by atoms with E-state index in [9.17, 15) is 4.79 Å². The number of hydrogen-bond acceptors (Lipinski definition) is 5. The average molecular weight is 479 g/mol. The number of carbonyl (C=O) groups excluding carboxylic acids is 1. The summed E-state index contributed by atoms with van der Waals surface area (Å²) in [6.45, 7) is 4.03. The van der Waals surface area contributed by atoms with Gasteiger partial charge in [0, 0.05) is 30.8 Å². The first-order valence-corrected chi connectivity index (χ1v) is 12.5. The molecule has 0 aliphatic carbocycles. The molecule has 0 fully saturated rings. The van der Waals surface area contributed by atoms with Crippen LogP contribution in [0.15, 0.2) is 67.0 Å². The maximum atomic E-state index is 13.2. The number of ketones is 1. The number of Topliss-reactive ketones (excluding diaryl/α,β-unsaturated/α-hetero) is 1. The number of nitrogens with zero attached hydrogens (tertiary/aromatic N) is 5. The molecular formula is C29H30N6O. The Labute approximate surface area is 211 Å². The topological polar surface area (TPSA) is 90.6 Å². The Morgan fingerprint density at radius 3 is 2.72 bits per heavy atom. The number of rotatable bonds is 9. The zero-order chi connectivity index (χ0) is 24.9.